The van der Waals surface area contributed by atoms with Crippen molar-refractivity contribution in [3.05, 3.63) is 0 Å². The van der Waals surface area contributed by atoms with E-state index in [0.29, 0.717) is 5.92 Å². The normalized spacial score (nSPS) is 20.7. The van der Waals surface area contributed by atoms with Crippen molar-refractivity contribution in [1.82, 2.24) is 5.32 Å². The minimum atomic E-state index is -3.03. The molecule has 1 N–H and O–H groups in total. The predicted octanol–water partition coefficient (Wildman–Crippen LogP) is 2.37. The molecule has 17 heavy (non-hydrogen) atoms. The quantitative estimate of drug-likeness (QED) is 0.798. The summed E-state index contributed by atoms with van der Waals surface area (Å²) in [6, 6.07) is 0.0746. The van der Waals surface area contributed by atoms with Crippen LogP contribution >= 0.6 is 0 Å². The summed E-state index contributed by atoms with van der Waals surface area (Å²) in [7, 11) is -3.03. The lowest BCUT2D eigenvalue weighted by Crippen LogP contribution is -2.52. The molecule has 1 atom stereocenters. The first-order chi connectivity index (χ1) is 7.79. The highest BCUT2D eigenvalue weighted by molar-refractivity contribution is 7.92. The second-order valence-electron chi connectivity index (χ2n) is 5.87. The topological polar surface area (TPSA) is 46.2 Å². The van der Waals surface area contributed by atoms with Gasteiger partial charge in [0.05, 0.1) is 4.75 Å². The highest BCUT2D eigenvalue weighted by Gasteiger charge is 2.39. The van der Waals surface area contributed by atoms with Crippen molar-refractivity contribution in [3.63, 3.8) is 0 Å². The van der Waals surface area contributed by atoms with Gasteiger partial charge in [-0.15, -0.1) is 0 Å². The number of nitrogens with one attached hydrogen (secondary N) is 1. The first kappa shape index (κ1) is 15.0. The third-order valence-corrected chi connectivity index (χ3v) is 6.48. The molecule has 0 saturated heterocycles. The fraction of sp³-hybridized carbons (Fsp3) is 1.00. The molecule has 1 fully saturated rings. The SMILES string of the molecule is CCNC(CC1CCCC1)C(C)(C)S(C)(=O)=O. The summed E-state index contributed by atoms with van der Waals surface area (Å²) in [5, 5.41) is 3.38. The standard InChI is InChI=1S/C13H27NO2S/c1-5-14-12(10-11-8-6-7-9-11)13(2,3)17(4,15)16/h11-12,14H,5-10H2,1-4H3. The van der Waals surface area contributed by atoms with E-state index in [-0.39, 0.29) is 6.04 Å². The maximum atomic E-state index is 11.9. The zero-order valence-electron chi connectivity index (χ0n) is 11.6. The minimum absolute atomic E-state index is 0.0746. The van der Waals surface area contributed by atoms with Crippen molar-refractivity contribution in [2.45, 2.75) is 63.7 Å². The van der Waals surface area contributed by atoms with Crippen molar-refractivity contribution < 1.29 is 8.42 Å². The van der Waals surface area contributed by atoms with Crippen LogP contribution in [0.5, 0.6) is 0 Å². The number of hydrogen-bond acceptors (Lipinski definition) is 3. The van der Waals surface area contributed by atoms with E-state index in [4.69, 9.17) is 0 Å². The average Bonchev–Trinajstić information content (AvgIpc) is 2.68. The molecule has 1 rings (SSSR count). The zero-order chi connectivity index (χ0) is 13.1. The first-order valence-corrected chi connectivity index (χ1v) is 8.61. The van der Waals surface area contributed by atoms with Crippen molar-refractivity contribution in [3.8, 4) is 0 Å². The van der Waals surface area contributed by atoms with Gasteiger partial charge in [0.1, 0.15) is 0 Å². The minimum Gasteiger partial charge on any atom is -0.313 e. The van der Waals surface area contributed by atoms with E-state index >= 15 is 0 Å². The Balaban J connectivity index is 2.76. The lowest BCUT2D eigenvalue weighted by Gasteiger charge is -2.35. The van der Waals surface area contributed by atoms with E-state index in [9.17, 15) is 8.42 Å². The smallest absolute Gasteiger partial charge is 0.154 e. The maximum Gasteiger partial charge on any atom is 0.154 e. The molecule has 0 heterocycles. The van der Waals surface area contributed by atoms with Crippen molar-refractivity contribution in [2.75, 3.05) is 12.8 Å². The second kappa shape index (κ2) is 5.70. The Morgan fingerprint density at radius 3 is 2.24 bits per heavy atom. The molecule has 0 radical (unpaired) electrons. The van der Waals surface area contributed by atoms with E-state index in [1.54, 1.807) is 0 Å². The highest BCUT2D eigenvalue weighted by atomic mass is 32.2. The summed E-state index contributed by atoms with van der Waals surface area (Å²) in [4.78, 5) is 0. The van der Waals surface area contributed by atoms with Gasteiger partial charge in [-0.2, -0.15) is 0 Å². The van der Waals surface area contributed by atoms with E-state index < -0.39 is 14.6 Å². The lowest BCUT2D eigenvalue weighted by molar-refractivity contribution is 0.335. The maximum absolute atomic E-state index is 11.9. The summed E-state index contributed by atoms with van der Waals surface area (Å²) in [6.45, 7) is 6.57. The van der Waals surface area contributed by atoms with Gasteiger partial charge in [0, 0.05) is 12.3 Å². The first-order valence-electron chi connectivity index (χ1n) is 6.72. The van der Waals surface area contributed by atoms with E-state index in [1.165, 1.54) is 31.9 Å². The van der Waals surface area contributed by atoms with Crippen LogP contribution in [0.2, 0.25) is 0 Å². The second-order valence-corrected chi connectivity index (χ2v) is 8.47. The van der Waals surface area contributed by atoms with Gasteiger partial charge in [0.15, 0.2) is 9.84 Å². The molecule has 0 aromatic heterocycles. The number of hydrogen-bond donors (Lipinski definition) is 1. The van der Waals surface area contributed by atoms with Crippen LogP contribution in [0, 0.1) is 5.92 Å². The monoisotopic (exact) mass is 261 g/mol. The van der Waals surface area contributed by atoms with Crippen LogP contribution in [0.15, 0.2) is 0 Å². The summed E-state index contributed by atoms with van der Waals surface area (Å²) >= 11 is 0. The van der Waals surface area contributed by atoms with Gasteiger partial charge >= 0.3 is 0 Å². The van der Waals surface area contributed by atoms with Gasteiger partial charge in [0.25, 0.3) is 0 Å². The largest absolute Gasteiger partial charge is 0.313 e. The van der Waals surface area contributed by atoms with Crippen molar-refractivity contribution in [2.24, 2.45) is 5.92 Å². The third kappa shape index (κ3) is 3.68. The van der Waals surface area contributed by atoms with E-state index in [1.807, 2.05) is 20.8 Å². The fourth-order valence-electron chi connectivity index (χ4n) is 2.70. The molecular formula is C13H27NO2S. The van der Waals surface area contributed by atoms with Gasteiger partial charge in [-0.3, -0.25) is 0 Å². The molecule has 0 spiro atoms. The van der Waals surface area contributed by atoms with Crippen LogP contribution in [0.4, 0.5) is 0 Å². The number of sulfone groups is 1. The Kier molecular flexibility index (Phi) is 5.02. The molecular weight excluding hydrogens is 234 g/mol. The van der Waals surface area contributed by atoms with Gasteiger partial charge in [-0.1, -0.05) is 32.6 Å². The van der Waals surface area contributed by atoms with E-state index in [0.717, 1.165) is 13.0 Å². The molecule has 1 aliphatic carbocycles. The molecule has 4 heteroatoms. The summed E-state index contributed by atoms with van der Waals surface area (Å²) in [6.07, 6.45) is 7.50. The summed E-state index contributed by atoms with van der Waals surface area (Å²) < 4.78 is 23.1. The Morgan fingerprint density at radius 2 is 1.82 bits per heavy atom. The van der Waals surface area contributed by atoms with Crippen LogP contribution in [0.3, 0.4) is 0 Å². The summed E-state index contributed by atoms with van der Waals surface area (Å²) in [5.41, 5.74) is 0. The van der Waals surface area contributed by atoms with E-state index in [2.05, 4.69) is 5.32 Å². The van der Waals surface area contributed by atoms with Crippen LogP contribution < -0.4 is 5.32 Å². The molecule has 3 nitrogen and oxygen atoms in total. The molecule has 0 aliphatic heterocycles. The van der Waals surface area contributed by atoms with Gasteiger partial charge in [-0.05, 0) is 32.7 Å². The molecule has 0 bridgehead atoms. The van der Waals surface area contributed by atoms with Gasteiger partial charge < -0.3 is 5.32 Å². The van der Waals surface area contributed by atoms with Crippen LogP contribution in [-0.2, 0) is 9.84 Å². The summed E-state index contributed by atoms with van der Waals surface area (Å²) in [5.74, 6) is 0.708. The molecule has 0 amide bonds. The lowest BCUT2D eigenvalue weighted by atomic mass is 9.91. The van der Waals surface area contributed by atoms with Crippen LogP contribution in [0.25, 0.3) is 0 Å². The third-order valence-electron chi connectivity index (χ3n) is 4.29. The highest BCUT2D eigenvalue weighted by Crippen LogP contribution is 2.33. The Morgan fingerprint density at radius 1 is 1.29 bits per heavy atom. The van der Waals surface area contributed by atoms with Crippen LogP contribution in [-0.4, -0.2) is 32.0 Å². The molecule has 0 aromatic carbocycles. The Bertz CT molecular complexity index is 329. The van der Waals surface area contributed by atoms with Crippen LogP contribution in [0.1, 0.15) is 52.9 Å². The molecule has 1 unspecified atom stereocenters. The fourth-order valence-corrected chi connectivity index (χ4v) is 3.39. The number of rotatable bonds is 6. The Labute approximate surface area is 106 Å². The van der Waals surface area contributed by atoms with Gasteiger partial charge in [-0.25, -0.2) is 8.42 Å². The predicted molar refractivity (Wildman–Crippen MR) is 73.0 cm³/mol. The molecule has 1 saturated carbocycles. The Hall–Kier alpha value is -0.0900. The molecule has 102 valence electrons. The molecule has 1 aliphatic rings. The van der Waals surface area contributed by atoms with Crippen molar-refractivity contribution >= 4 is 9.84 Å². The molecule has 0 aromatic rings. The van der Waals surface area contributed by atoms with Gasteiger partial charge in [0.2, 0.25) is 0 Å². The zero-order valence-corrected chi connectivity index (χ0v) is 12.4. The average molecular weight is 261 g/mol. The van der Waals surface area contributed by atoms with Crippen molar-refractivity contribution in [1.29, 1.82) is 0 Å².